The summed E-state index contributed by atoms with van der Waals surface area (Å²) in [4.78, 5) is 12.6. The third-order valence-electron chi connectivity index (χ3n) is 6.00. The van der Waals surface area contributed by atoms with Gasteiger partial charge >= 0.3 is 6.18 Å². The average Bonchev–Trinajstić information content (AvgIpc) is 3.64. The molecule has 9 heteroatoms. The fraction of sp³-hybridized carbons (Fsp3) is 0.348. The molecule has 0 unspecified atom stereocenters. The van der Waals surface area contributed by atoms with Gasteiger partial charge in [0.25, 0.3) is 0 Å². The number of amides is 1. The number of carbonyl (C=O) groups excluding carboxylic acids is 1. The van der Waals surface area contributed by atoms with Crippen molar-refractivity contribution in [3.8, 4) is 17.6 Å². The van der Waals surface area contributed by atoms with Crippen LogP contribution in [-0.2, 0) is 18.0 Å². The van der Waals surface area contributed by atoms with Crippen molar-refractivity contribution in [3.63, 3.8) is 0 Å². The van der Waals surface area contributed by atoms with Crippen LogP contribution >= 0.6 is 0 Å². The highest BCUT2D eigenvalue weighted by atomic mass is 19.4. The van der Waals surface area contributed by atoms with E-state index in [1.807, 2.05) is 6.20 Å². The van der Waals surface area contributed by atoms with Crippen LogP contribution in [0.3, 0.4) is 0 Å². The monoisotopic (exact) mass is 440 g/mol. The Kier molecular flexibility index (Phi) is 4.45. The van der Waals surface area contributed by atoms with Crippen molar-refractivity contribution < 1.29 is 22.7 Å². The molecule has 1 heterocycles. The highest BCUT2D eigenvalue weighted by Gasteiger charge is 2.51. The average molecular weight is 440 g/mol. The van der Waals surface area contributed by atoms with Gasteiger partial charge in [-0.05, 0) is 67.1 Å². The second-order valence-electron chi connectivity index (χ2n) is 8.51. The van der Waals surface area contributed by atoms with Gasteiger partial charge in [0.2, 0.25) is 5.91 Å². The van der Waals surface area contributed by atoms with Gasteiger partial charge in [0.05, 0.1) is 17.1 Å². The topological polar surface area (TPSA) is 79.9 Å². The van der Waals surface area contributed by atoms with Crippen LogP contribution in [0.15, 0.2) is 42.6 Å². The number of halogens is 3. The maximum absolute atomic E-state index is 12.8. The van der Waals surface area contributed by atoms with Gasteiger partial charge in [0.1, 0.15) is 17.0 Å². The largest absolute Gasteiger partial charge is 0.457 e. The molecule has 1 aromatic heterocycles. The summed E-state index contributed by atoms with van der Waals surface area (Å²) in [6, 6.07) is 10.2. The Morgan fingerprint density at radius 1 is 1.25 bits per heavy atom. The number of alkyl halides is 3. The van der Waals surface area contributed by atoms with Crippen LogP contribution in [0.5, 0.6) is 11.5 Å². The van der Waals surface area contributed by atoms with E-state index in [0.717, 1.165) is 28.6 Å². The Balaban J connectivity index is 1.40. The molecule has 2 aromatic carbocycles. The first-order valence-corrected chi connectivity index (χ1v) is 10.2. The maximum atomic E-state index is 12.8. The SMILES string of the molecule is Cn1cc2cc(Oc3ccc(C(F)(F)F)cc3)cc([C@@H]3C[C@H]3C(=O)NC3(C#N)CC3)c2n1. The van der Waals surface area contributed by atoms with Crippen LogP contribution in [0.4, 0.5) is 13.2 Å². The standard InChI is InChI=1S/C23H19F3N4O2/c1-30-11-13-8-16(32-15-4-2-14(3-5-15)23(24,25)26)9-18(20(13)29-30)17-10-19(17)21(31)28-22(12-27)6-7-22/h2-5,8-9,11,17,19H,6-7,10H2,1H3,(H,28,31)/t17-,19+/m0/s1. The second-order valence-corrected chi connectivity index (χ2v) is 8.51. The van der Waals surface area contributed by atoms with Crippen LogP contribution < -0.4 is 10.1 Å². The van der Waals surface area contributed by atoms with Crippen molar-refractivity contribution in [1.29, 1.82) is 5.26 Å². The second kappa shape index (κ2) is 6.99. The molecule has 0 bridgehead atoms. The molecule has 1 amide bonds. The van der Waals surface area contributed by atoms with Crippen molar-refractivity contribution >= 4 is 16.8 Å². The lowest BCUT2D eigenvalue weighted by atomic mass is 10.0. The van der Waals surface area contributed by atoms with E-state index in [1.165, 1.54) is 12.1 Å². The predicted molar refractivity (Wildman–Crippen MR) is 109 cm³/mol. The summed E-state index contributed by atoms with van der Waals surface area (Å²) >= 11 is 0. The van der Waals surface area contributed by atoms with Gasteiger partial charge in [-0.25, -0.2) is 0 Å². The highest BCUT2D eigenvalue weighted by molar-refractivity contribution is 5.89. The lowest BCUT2D eigenvalue weighted by molar-refractivity contribution is -0.137. The number of aromatic nitrogens is 2. The Bertz CT molecular complexity index is 1250. The molecule has 0 spiro atoms. The van der Waals surface area contributed by atoms with E-state index in [9.17, 15) is 23.2 Å². The molecule has 2 fully saturated rings. The van der Waals surface area contributed by atoms with Crippen molar-refractivity contribution in [2.24, 2.45) is 13.0 Å². The van der Waals surface area contributed by atoms with Gasteiger partial charge in [-0.15, -0.1) is 0 Å². The van der Waals surface area contributed by atoms with Gasteiger partial charge in [-0.3, -0.25) is 9.48 Å². The third kappa shape index (κ3) is 3.77. The Morgan fingerprint density at radius 3 is 2.59 bits per heavy atom. The molecule has 2 saturated carbocycles. The molecule has 2 aliphatic carbocycles. The van der Waals surface area contributed by atoms with E-state index in [1.54, 1.807) is 23.9 Å². The summed E-state index contributed by atoms with van der Waals surface area (Å²) in [6.07, 6.45) is -0.596. The number of hydrogen-bond acceptors (Lipinski definition) is 4. The van der Waals surface area contributed by atoms with E-state index in [-0.39, 0.29) is 23.5 Å². The van der Waals surface area contributed by atoms with E-state index in [4.69, 9.17) is 4.74 Å². The van der Waals surface area contributed by atoms with Gasteiger partial charge in [0.15, 0.2) is 0 Å². The van der Waals surface area contributed by atoms with E-state index >= 15 is 0 Å². The first kappa shape index (κ1) is 20.4. The van der Waals surface area contributed by atoms with Crippen LogP contribution in [0.25, 0.3) is 10.9 Å². The molecular weight excluding hydrogens is 421 g/mol. The lowest BCUT2D eigenvalue weighted by Crippen LogP contribution is -2.36. The zero-order chi connectivity index (χ0) is 22.7. The Morgan fingerprint density at radius 2 is 1.97 bits per heavy atom. The van der Waals surface area contributed by atoms with E-state index < -0.39 is 17.3 Å². The molecule has 5 rings (SSSR count). The fourth-order valence-electron chi connectivity index (χ4n) is 3.99. The minimum Gasteiger partial charge on any atom is -0.457 e. The van der Waals surface area contributed by atoms with Crippen LogP contribution in [0, 0.1) is 17.2 Å². The summed E-state index contributed by atoms with van der Waals surface area (Å²) in [5, 5.41) is 17.4. The van der Waals surface area contributed by atoms with Crippen LogP contribution in [-0.4, -0.2) is 21.2 Å². The predicted octanol–water partition coefficient (Wildman–Crippen LogP) is 4.66. The molecule has 3 aromatic rings. The molecule has 164 valence electrons. The number of rotatable bonds is 5. The lowest BCUT2D eigenvalue weighted by Gasteiger charge is -2.11. The number of nitrogens with zero attached hydrogens (tertiary/aromatic N) is 3. The Hall–Kier alpha value is -3.54. The molecule has 0 aliphatic heterocycles. The summed E-state index contributed by atoms with van der Waals surface area (Å²) in [6.45, 7) is 0. The zero-order valence-corrected chi connectivity index (χ0v) is 17.1. The number of ether oxygens (including phenoxy) is 1. The first-order valence-electron chi connectivity index (χ1n) is 10.2. The number of hydrogen-bond donors (Lipinski definition) is 1. The summed E-state index contributed by atoms with van der Waals surface area (Å²) < 4.78 is 45.9. The summed E-state index contributed by atoms with van der Waals surface area (Å²) in [5.41, 5.74) is 0.157. The van der Waals surface area contributed by atoms with Gasteiger partial charge in [-0.2, -0.15) is 23.5 Å². The molecule has 6 nitrogen and oxygen atoms in total. The minimum absolute atomic E-state index is 0.0574. The molecule has 2 aliphatic rings. The van der Waals surface area contributed by atoms with Crippen molar-refractivity contribution in [2.75, 3.05) is 0 Å². The number of carbonyl (C=O) groups is 1. The van der Waals surface area contributed by atoms with E-state index in [0.29, 0.717) is 25.0 Å². The molecule has 1 N–H and O–H groups in total. The summed E-state index contributed by atoms with van der Waals surface area (Å²) in [7, 11) is 1.79. The molecule has 0 radical (unpaired) electrons. The van der Waals surface area contributed by atoms with E-state index in [2.05, 4.69) is 16.5 Å². The zero-order valence-electron chi connectivity index (χ0n) is 17.1. The maximum Gasteiger partial charge on any atom is 0.416 e. The van der Waals surface area contributed by atoms with Crippen molar-refractivity contribution in [3.05, 3.63) is 53.7 Å². The number of nitrogens with one attached hydrogen (secondary N) is 1. The van der Waals surface area contributed by atoms with Gasteiger partial charge in [-0.1, -0.05) is 0 Å². The number of aryl methyl sites for hydroxylation is 1. The van der Waals surface area contributed by atoms with Gasteiger partial charge in [0, 0.05) is 24.5 Å². The highest BCUT2D eigenvalue weighted by Crippen LogP contribution is 2.51. The Labute approximate surface area is 181 Å². The molecule has 32 heavy (non-hydrogen) atoms. The fourth-order valence-corrected chi connectivity index (χ4v) is 3.99. The van der Waals surface area contributed by atoms with Crippen molar-refractivity contribution in [1.82, 2.24) is 15.1 Å². The van der Waals surface area contributed by atoms with Crippen LogP contribution in [0.1, 0.15) is 36.3 Å². The number of nitriles is 1. The quantitative estimate of drug-likeness (QED) is 0.626. The smallest absolute Gasteiger partial charge is 0.416 e. The molecular formula is C23H19F3N4O2. The molecule has 0 saturated heterocycles. The van der Waals surface area contributed by atoms with Crippen molar-refractivity contribution in [2.45, 2.75) is 36.9 Å². The van der Waals surface area contributed by atoms with Crippen LogP contribution in [0.2, 0.25) is 0 Å². The molecule has 2 atom stereocenters. The third-order valence-corrected chi connectivity index (χ3v) is 6.00. The van der Waals surface area contributed by atoms with Gasteiger partial charge < -0.3 is 10.1 Å². The normalized spacial score (nSPS) is 21.1. The minimum atomic E-state index is -4.41. The number of benzene rings is 2. The number of fused-ring (bicyclic) bond motifs is 1. The first-order chi connectivity index (χ1) is 15.2. The summed E-state index contributed by atoms with van der Waals surface area (Å²) in [5.74, 6) is 0.307.